The van der Waals surface area contributed by atoms with Gasteiger partial charge in [0.1, 0.15) is 24.2 Å². The Balaban J connectivity index is 1.36. The lowest BCUT2D eigenvalue weighted by Crippen LogP contribution is -2.17. The molecule has 5 heteroatoms. The van der Waals surface area contributed by atoms with Crippen LogP contribution in [0.3, 0.4) is 0 Å². The topological polar surface area (TPSA) is 48.0 Å². The van der Waals surface area contributed by atoms with Crippen LogP contribution in [0.25, 0.3) is 0 Å². The predicted molar refractivity (Wildman–Crippen MR) is 92.9 cm³/mol. The molecule has 5 nitrogen and oxygen atoms in total. The van der Waals surface area contributed by atoms with Gasteiger partial charge < -0.3 is 19.1 Å². The number of carbonyl (C=O) groups excluding carboxylic acids is 1. The average molecular weight is 339 g/mol. The maximum absolute atomic E-state index is 12.1. The molecule has 2 aromatic rings. The van der Waals surface area contributed by atoms with Crippen LogP contribution >= 0.6 is 0 Å². The number of carbonyl (C=O) groups is 1. The number of benzene rings is 2. The fraction of sp³-hybridized carbons (Fsp3) is 0.350. The molecule has 1 fully saturated rings. The van der Waals surface area contributed by atoms with Gasteiger partial charge in [0.2, 0.25) is 0 Å². The van der Waals surface area contributed by atoms with Crippen LogP contribution < -0.4 is 9.47 Å². The minimum Gasteiger partial charge on any atom is -0.489 e. The Kier molecular flexibility index (Phi) is 4.32. The first-order chi connectivity index (χ1) is 12.2. The Labute approximate surface area is 147 Å². The van der Waals surface area contributed by atoms with Crippen LogP contribution in [0.15, 0.2) is 42.5 Å². The van der Waals surface area contributed by atoms with E-state index >= 15 is 0 Å². The summed E-state index contributed by atoms with van der Waals surface area (Å²) in [5.74, 6) is 1.62. The molecule has 2 heterocycles. The largest absolute Gasteiger partial charge is 0.489 e. The predicted octanol–water partition coefficient (Wildman–Crippen LogP) is 3.02. The van der Waals surface area contributed by atoms with Crippen molar-refractivity contribution in [3.63, 3.8) is 0 Å². The summed E-state index contributed by atoms with van der Waals surface area (Å²) in [5.41, 5.74) is 2.85. The summed E-state index contributed by atoms with van der Waals surface area (Å²) in [4.78, 5) is 13.8. The lowest BCUT2D eigenvalue weighted by atomic mass is 10.1. The van der Waals surface area contributed by atoms with Crippen molar-refractivity contribution in [1.82, 2.24) is 4.90 Å². The normalized spacial score (nSPS) is 19.2. The highest BCUT2D eigenvalue weighted by molar-refractivity contribution is 5.98. The van der Waals surface area contributed by atoms with E-state index in [0.717, 1.165) is 35.5 Å². The van der Waals surface area contributed by atoms with E-state index in [-0.39, 0.29) is 12.0 Å². The second-order valence-corrected chi connectivity index (χ2v) is 6.52. The first-order valence-corrected chi connectivity index (χ1v) is 8.53. The summed E-state index contributed by atoms with van der Waals surface area (Å²) in [5, 5.41) is 0. The van der Waals surface area contributed by atoms with Gasteiger partial charge in [0, 0.05) is 25.6 Å². The summed E-state index contributed by atoms with van der Waals surface area (Å²) in [6.45, 7) is 2.56. The van der Waals surface area contributed by atoms with E-state index < -0.39 is 0 Å². The molecular weight excluding hydrogens is 318 g/mol. The SMILES string of the molecule is CN1Cc2ccc(OCc3ccc(OC4CCOC4)cc3)cc2C1=O. The third-order valence-electron chi connectivity index (χ3n) is 4.59. The highest BCUT2D eigenvalue weighted by Crippen LogP contribution is 2.26. The molecule has 0 saturated carbocycles. The van der Waals surface area contributed by atoms with Gasteiger partial charge in [-0.25, -0.2) is 0 Å². The van der Waals surface area contributed by atoms with E-state index in [9.17, 15) is 4.79 Å². The third kappa shape index (κ3) is 3.46. The fourth-order valence-electron chi connectivity index (χ4n) is 3.14. The van der Waals surface area contributed by atoms with Crippen molar-refractivity contribution in [3.8, 4) is 11.5 Å². The Morgan fingerprint density at radius 2 is 1.96 bits per heavy atom. The molecule has 0 aliphatic carbocycles. The number of nitrogens with zero attached hydrogens (tertiary/aromatic N) is 1. The van der Waals surface area contributed by atoms with Crippen molar-refractivity contribution in [2.45, 2.75) is 25.7 Å². The maximum Gasteiger partial charge on any atom is 0.254 e. The maximum atomic E-state index is 12.1. The molecule has 1 amide bonds. The first-order valence-electron chi connectivity index (χ1n) is 8.53. The minimum atomic E-state index is 0.0536. The van der Waals surface area contributed by atoms with Crippen molar-refractivity contribution in [3.05, 3.63) is 59.2 Å². The quantitative estimate of drug-likeness (QED) is 0.840. The number of hydrogen-bond acceptors (Lipinski definition) is 4. The molecule has 0 bridgehead atoms. The van der Waals surface area contributed by atoms with Gasteiger partial charge in [-0.05, 0) is 35.4 Å². The van der Waals surface area contributed by atoms with Gasteiger partial charge in [-0.1, -0.05) is 18.2 Å². The molecule has 2 aromatic carbocycles. The van der Waals surface area contributed by atoms with Crippen molar-refractivity contribution in [1.29, 1.82) is 0 Å². The van der Waals surface area contributed by atoms with Gasteiger partial charge in [-0.15, -0.1) is 0 Å². The van der Waals surface area contributed by atoms with E-state index in [1.54, 1.807) is 4.90 Å². The van der Waals surface area contributed by atoms with Gasteiger partial charge in [-0.2, -0.15) is 0 Å². The smallest absolute Gasteiger partial charge is 0.254 e. The molecule has 1 atom stereocenters. The van der Waals surface area contributed by atoms with Crippen LogP contribution in [0, 0.1) is 0 Å². The van der Waals surface area contributed by atoms with Gasteiger partial charge in [0.15, 0.2) is 0 Å². The summed E-state index contributed by atoms with van der Waals surface area (Å²) in [6.07, 6.45) is 1.10. The van der Waals surface area contributed by atoms with Crippen LogP contribution in [0.4, 0.5) is 0 Å². The van der Waals surface area contributed by atoms with Crippen LogP contribution in [0.5, 0.6) is 11.5 Å². The van der Waals surface area contributed by atoms with Crippen molar-refractivity contribution in [2.24, 2.45) is 0 Å². The number of hydrogen-bond donors (Lipinski definition) is 0. The van der Waals surface area contributed by atoms with Gasteiger partial charge >= 0.3 is 0 Å². The molecular formula is C20H21NO4. The van der Waals surface area contributed by atoms with E-state index in [2.05, 4.69) is 0 Å². The van der Waals surface area contributed by atoms with Crippen molar-refractivity contribution in [2.75, 3.05) is 20.3 Å². The van der Waals surface area contributed by atoms with E-state index in [1.165, 1.54) is 0 Å². The molecule has 0 radical (unpaired) electrons. The van der Waals surface area contributed by atoms with Crippen LogP contribution in [0.2, 0.25) is 0 Å². The van der Waals surface area contributed by atoms with Crippen LogP contribution in [-0.2, 0) is 17.9 Å². The molecule has 2 aliphatic heterocycles. The Hall–Kier alpha value is -2.53. The molecule has 0 N–H and O–H groups in total. The third-order valence-corrected chi connectivity index (χ3v) is 4.59. The second kappa shape index (κ2) is 6.76. The molecule has 1 unspecified atom stereocenters. The Morgan fingerprint density at radius 3 is 2.72 bits per heavy atom. The molecule has 4 rings (SSSR count). The zero-order chi connectivity index (χ0) is 17.2. The van der Waals surface area contributed by atoms with E-state index in [4.69, 9.17) is 14.2 Å². The number of ether oxygens (including phenoxy) is 3. The van der Waals surface area contributed by atoms with Gasteiger partial charge in [0.05, 0.1) is 13.2 Å². The summed E-state index contributed by atoms with van der Waals surface area (Å²) in [7, 11) is 1.81. The standard InChI is InChI=1S/C20H21NO4/c1-21-11-15-4-7-17(10-19(15)20(21)22)24-12-14-2-5-16(6-3-14)25-18-8-9-23-13-18/h2-7,10,18H,8-9,11-13H2,1H3. The number of fused-ring (bicyclic) bond motifs is 1. The van der Waals surface area contributed by atoms with Crippen molar-refractivity contribution < 1.29 is 19.0 Å². The lowest BCUT2D eigenvalue weighted by Gasteiger charge is -2.12. The molecule has 1 saturated heterocycles. The monoisotopic (exact) mass is 339 g/mol. The zero-order valence-electron chi connectivity index (χ0n) is 14.2. The average Bonchev–Trinajstić information content (AvgIpc) is 3.23. The molecule has 0 aromatic heterocycles. The molecule has 0 spiro atoms. The highest BCUT2D eigenvalue weighted by Gasteiger charge is 2.24. The van der Waals surface area contributed by atoms with Gasteiger partial charge in [-0.3, -0.25) is 4.79 Å². The number of amides is 1. The lowest BCUT2D eigenvalue weighted by molar-refractivity contribution is 0.0816. The Morgan fingerprint density at radius 1 is 1.16 bits per heavy atom. The highest BCUT2D eigenvalue weighted by atomic mass is 16.5. The minimum absolute atomic E-state index is 0.0536. The van der Waals surface area contributed by atoms with E-state index in [0.29, 0.717) is 25.5 Å². The second-order valence-electron chi connectivity index (χ2n) is 6.52. The van der Waals surface area contributed by atoms with E-state index in [1.807, 2.05) is 49.5 Å². The van der Waals surface area contributed by atoms with Crippen LogP contribution in [-0.4, -0.2) is 37.2 Å². The zero-order valence-corrected chi connectivity index (χ0v) is 14.2. The van der Waals surface area contributed by atoms with Crippen molar-refractivity contribution >= 4 is 5.91 Å². The Bertz CT molecular complexity index is 766. The fourth-order valence-corrected chi connectivity index (χ4v) is 3.14. The molecule has 25 heavy (non-hydrogen) atoms. The summed E-state index contributed by atoms with van der Waals surface area (Å²) < 4.78 is 17.0. The first kappa shape index (κ1) is 16.0. The summed E-state index contributed by atoms with van der Waals surface area (Å²) >= 11 is 0. The number of rotatable bonds is 5. The molecule has 2 aliphatic rings. The van der Waals surface area contributed by atoms with Gasteiger partial charge in [0.25, 0.3) is 5.91 Å². The summed E-state index contributed by atoms with van der Waals surface area (Å²) in [6, 6.07) is 13.6. The molecule has 130 valence electrons. The van der Waals surface area contributed by atoms with Crippen LogP contribution in [0.1, 0.15) is 27.9 Å².